The van der Waals surface area contributed by atoms with Crippen LogP contribution in [0.1, 0.15) is 52.4 Å². The molecule has 0 heterocycles. The van der Waals surface area contributed by atoms with Crippen molar-refractivity contribution in [3.05, 3.63) is 11.6 Å². The van der Waals surface area contributed by atoms with Crippen LogP contribution >= 0.6 is 0 Å². The first kappa shape index (κ1) is 15.2. The number of esters is 1. The van der Waals surface area contributed by atoms with Gasteiger partial charge in [0.25, 0.3) is 0 Å². The molecule has 0 fully saturated rings. The molecule has 0 aromatic rings. The summed E-state index contributed by atoms with van der Waals surface area (Å²) in [5.74, 6) is -0.271. The maximum absolute atomic E-state index is 11.6. The van der Waals surface area contributed by atoms with E-state index in [1.807, 2.05) is 13.0 Å². The van der Waals surface area contributed by atoms with Crippen LogP contribution in [0, 0.1) is 0 Å². The first-order chi connectivity index (χ1) is 7.76. The average Bonchev–Trinajstić information content (AvgIpc) is 2.30. The summed E-state index contributed by atoms with van der Waals surface area (Å²) in [4.78, 5) is 11.6. The summed E-state index contributed by atoms with van der Waals surface area (Å²) in [7, 11) is 0. The smallest absolute Gasteiger partial charge is 0.333 e. The van der Waals surface area contributed by atoms with E-state index in [1.54, 1.807) is 0 Å². The average molecular weight is 228 g/mol. The second-order valence-corrected chi connectivity index (χ2v) is 3.81. The van der Waals surface area contributed by atoms with E-state index in [9.17, 15) is 4.79 Å². The lowest BCUT2D eigenvalue weighted by Gasteiger charge is -2.07. The molecular weight excluding hydrogens is 204 g/mol. The van der Waals surface area contributed by atoms with Gasteiger partial charge in [0.2, 0.25) is 0 Å². The Morgan fingerprint density at radius 1 is 1.25 bits per heavy atom. The van der Waals surface area contributed by atoms with Crippen molar-refractivity contribution in [2.24, 2.45) is 0 Å². The predicted octanol–water partition coefficient (Wildman–Crippen LogP) is 2.83. The summed E-state index contributed by atoms with van der Waals surface area (Å²) in [5.41, 5.74) is 0.757. The zero-order chi connectivity index (χ0) is 12.2. The summed E-state index contributed by atoms with van der Waals surface area (Å²) >= 11 is 0. The SMILES string of the molecule is CCC=C(CCCCCC)C(=O)OCCO. The summed E-state index contributed by atoms with van der Waals surface area (Å²) < 4.78 is 4.91. The van der Waals surface area contributed by atoms with E-state index in [2.05, 4.69) is 6.92 Å². The van der Waals surface area contributed by atoms with Gasteiger partial charge in [-0.25, -0.2) is 4.79 Å². The van der Waals surface area contributed by atoms with Crippen LogP contribution in [0.15, 0.2) is 11.6 Å². The highest BCUT2D eigenvalue weighted by atomic mass is 16.5. The molecule has 0 spiro atoms. The third-order valence-corrected chi connectivity index (χ3v) is 2.34. The number of unbranched alkanes of at least 4 members (excludes halogenated alkanes) is 3. The second-order valence-electron chi connectivity index (χ2n) is 3.81. The topological polar surface area (TPSA) is 46.5 Å². The highest BCUT2D eigenvalue weighted by Crippen LogP contribution is 2.12. The second kappa shape index (κ2) is 10.7. The Bertz CT molecular complexity index is 209. The summed E-state index contributed by atoms with van der Waals surface area (Å²) in [5, 5.41) is 8.58. The largest absolute Gasteiger partial charge is 0.460 e. The number of rotatable bonds is 9. The normalized spacial score (nSPS) is 11.6. The molecule has 0 aromatic carbocycles. The molecule has 1 N–H and O–H groups in total. The molecule has 0 saturated carbocycles. The van der Waals surface area contributed by atoms with E-state index in [0.717, 1.165) is 31.3 Å². The molecule has 0 rings (SSSR count). The Kier molecular flexibility index (Phi) is 10.1. The maximum atomic E-state index is 11.6. The van der Waals surface area contributed by atoms with Gasteiger partial charge in [0, 0.05) is 5.57 Å². The fourth-order valence-electron chi connectivity index (χ4n) is 1.51. The lowest BCUT2D eigenvalue weighted by Crippen LogP contribution is -2.11. The Morgan fingerprint density at radius 3 is 2.56 bits per heavy atom. The van der Waals surface area contributed by atoms with Crippen LogP contribution in [0.4, 0.5) is 0 Å². The van der Waals surface area contributed by atoms with Gasteiger partial charge in [-0.15, -0.1) is 0 Å². The lowest BCUT2D eigenvalue weighted by molar-refractivity contribution is -0.140. The molecule has 0 unspecified atom stereocenters. The molecule has 0 radical (unpaired) electrons. The van der Waals surface area contributed by atoms with Crippen LogP contribution in [-0.2, 0) is 9.53 Å². The minimum atomic E-state index is -0.271. The van der Waals surface area contributed by atoms with Crippen LogP contribution in [0.3, 0.4) is 0 Å². The van der Waals surface area contributed by atoms with Gasteiger partial charge in [0.1, 0.15) is 6.61 Å². The van der Waals surface area contributed by atoms with Crippen molar-refractivity contribution in [2.75, 3.05) is 13.2 Å². The zero-order valence-corrected chi connectivity index (χ0v) is 10.5. The molecule has 16 heavy (non-hydrogen) atoms. The molecule has 0 bridgehead atoms. The standard InChI is InChI=1S/C13H24O3/c1-3-5-6-7-9-12(8-4-2)13(15)16-11-10-14/h8,14H,3-7,9-11H2,1-2H3. The Balaban J connectivity index is 3.96. The highest BCUT2D eigenvalue weighted by Gasteiger charge is 2.09. The van der Waals surface area contributed by atoms with Crippen molar-refractivity contribution in [2.45, 2.75) is 52.4 Å². The van der Waals surface area contributed by atoms with Crippen molar-refractivity contribution in [1.29, 1.82) is 0 Å². The van der Waals surface area contributed by atoms with Crippen molar-refractivity contribution >= 4 is 5.97 Å². The minimum absolute atomic E-state index is 0.0921. The van der Waals surface area contributed by atoms with Gasteiger partial charge in [-0.1, -0.05) is 39.2 Å². The quantitative estimate of drug-likeness (QED) is 0.375. The van der Waals surface area contributed by atoms with Gasteiger partial charge in [0.15, 0.2) is 0 Å². The molecule has 3 nitrogen and oxygen atoms in total. The summed E-state index contributed by atoms with van der Waals surface area (Å²) in [6.07, 6.45) is 8.16. The van der Waals surface area contributed by atoms with Crippen LogP contribution in [0.25, 0.3) is 0 Å². The third kappa shape index (κ3) is 7.46. The number of ether oxygens (including phenoxy) is 1. The number of hydrogen-bond donors (Lipinski definition) is 1. The van der Waals surface area contributed by atoms with Gasteiger partial charge < -0.3 is 9.84 Å². The van der Waals surface area contributed by atoms with E-state index >= 15 is 0 Å². The Labute approximate surface area is 98.5 Å². The summed E-state index contributed by atoms with van der Waals surface area (Å²) in [6.45, 7) is 4.15. The summed E-state index contributed by atoms with van der Waals surface area (Å²) in [6, 6.07) is 0. The lowest BCUT2D eigenvalue weighted by atomic mass is 10.1. The number of hydrogen-bond acceptors (Lipinski definition) is 3. The van der Waals surface area contributed by atoms with Gasteiger partial charge in [-0.3, -0.25) is 0 Å². The molecule has 94 valence electrons. The fraction of sp³-hybridized carbons (Fsp3) is 0.769. The number of aliphatic hydroxyl groups excluding tert-OH is 1. The number of allylic oxidation sites excluding steroid dienone is 1. The molecular formula is C13H24O3. The maximum Gasteiger partial charge on any atom is 0.333 e. The van der Waals surface area contributed by atoms with Gasteiger partial charge in [-0.05, 0) is 19.3 Å². The molecule has 0 atom stereocenters. The highest BCUT2D eigenvalue weighted by molar-refractivity contribution is 5.88. The first-order valence-corrected chi connectivity index (χ1v) is 6.23. The van der Waals surface area contributed by atoms with Crippen LogP contribution < -0.4 is 0 Å². The minimum Gasteiger partial charge on any atom is -0.460 e. The van der Waals surface area contributed by atoms with Crippen molar-refractivity contribution in [3.63, 3.8) is 0 Å². The third-order valence-electron chi connectivity index (χ3n) is 2.34. The Hall–Kier alpha value is -0.830. The first-order valence-electron chi connectivity index (χ1n) is 6.23. The molecule has 3 heteroatoms. The molecule has 0 amide bonds. The number of aliphatic hydroxyl groups is 1. The van der Waals surface area contributed by atoms with E-state index in [1.165, 1.54) is 12.8 Å². The van der Waals surface area contributed by atoms with E-state index in [0.29, 0.717) is 0 Å². The zero-order valence-electron chi connectivity index (χ0n) is 10.5. The number of carbonyl (C=O) groups is 1. The van der Waals surface area contributed by atoms with Crippen molar-refractivity contribution in [3.8, 4) is 0 Å². The van der Waals surface area contributed by atoms with Crippen LogP contribution in [0.5, 0.6) is 0 Å². The van der Waals surface area contributed by atoms with Gasteiger partial charge in [-0.2, -0.15) is 0 Å². The molecule has 0 aliphatic rings. The van der Waals surface area contributed by atoms with E-state index in [-0.39, 0.29) is 19.2 Å². The monoisotopic (exact) mass is 228 g/mol. The molecule has 0 saturated heterocycles. The molecule has 0 aromatic heterocycles. The Morgan fingerprint density at radius 2 is 2.00 bits per heavy atom. The van der Waals surface area contributed by atoms with Gasteiger partial charge >= 0.3 is 5.97 Å². The van der Waals surface area contributed by atoms with E-state index < -0.39 is 0 Å². The fourth-order valence-corrected chi connectivity index (χ4v) is 1.51. The van der Waals surface area contributed by atoms with E-state index in [4.69, 9.17) is 9.84 Å². The van der Waals surface area contributed by atoms with Crippen molar-refractivity contribution in [1.82, 2.24) is 0 Å². The molecule has 0 aliphatic heterocycles. The van der Waals surface area contributed by atoms with Crippen LogP contribution in [-0.4, -0.2) is 24.3 Å². The number of carbonyl (C=O) groups excluding carboxylic acids is 1. The van der Waals surface area contributed by atoms with Crippen molar-refractivity contribution < 1.29 is 14.6 Å². The van der Waals surface area contributed by atoms with Crippen LogP contribution in [0.2, 0.25) is 0 Å². The predicted molar refractivity (Wildman–Crippen MR) is 65.2 cm³/mol. The molecule has 0 aliphatic carbocycles. The van der Waals surface area contributed by atoms with Gasteiger partial charge in [0.05, 0.1) is 6.61 Å².